The van der Waals surface area contributed by atoms with Crippen molar-refractivity contribution in [3.05, 3.63) is 53.6 Å². The van der Waals surface area contributed by atoms with Crippen molar-refractivity contribution >= 4 is 11.6 Å². The molecule has 1 heterocycles. The minimum absolute atomic E-state index is 0.107. The molecular formula is C20H24N2O3. The predicted molar refractivity (Wildman–Crippen MR) is 98.8 cm³/mol. The van der Waals surface area contributed by atoms with Gasteiger partial charge in [-0.15, -0.1) is 0 Å². The Bertz CT molecular complexity index is 752. The molecule has 3 rings (SSSR count). The summed E-state index contributed by atoms with van der Waals surface area (Å²) in [5.74, 6) is 1.55. The van der Waals surface area contributed by atoms with Gasteiger partial charge >= 0.3 is 0 Å². The third-order valence-corrected chi connectivity index (χ3v) is 4.56. The van der Waals surface area contributed by atoms with Crippen molar-refractivity contribution in [1.29, 1.82) is 0 Å². The summed E-state index contributed by atoms with van der Waals surface area (Å²) in [7, 11) is 3.27. The Hall–Kier alpha value is -2.69. The van der Waals surface area contributed by atoms with Gasteiger partial charge in [0.2, 0.25) is 0 Å². The van der Waals surface area contributed by atoms with Crippen molar-refractivity contribution in [2.45, 2.75) is 6.92 Å². The van der Waals surface area contributed by atoms with Crippen LogP contribution in [-0.2, 0) is 0 Å². The summed E-state index contributed by atoms with van der Waals surface area (Å²) in [6.45, 7) is 5.02. The van der Waals surface area contributed by atoms with Crippen molar-refractivity contribution in [3.8, 4) is 11.5 Å². The zero-order chi connectivity index (χ0) is 17.8. The lowest BCUT2D eigenvalue weighted by atomic mass is 10.1. The van der Waals surface area contributed by atoms with Gasteiger partial charge < -0.3 is 19.3 Å². The molecule has 1 amide bonds. The van der Waals surface area contributed by atoms with Gasteiger partial charge in [-0.3, -0.25) is 4.79 Å². The third-order valence-electron chi connectivity index (χ3n) is 4.56. The standard InChI is InChI=1S/C20H24N2O3/c1-15-5-4-6-16(13-15)20(23)22-11-9-21(10-12-22)17-7-8-18(24-2)19(14-17)25-3/h4-8,13-14H,9-12H2,1-3H3. The summed E-state index contributed by atoms with van der Waals surface area (Å²) in [4.78, 5) is 16.8. The molecule has 0 N–H and O–H groups in total. The summed E-state index contributed by atoms with van der Waals surface area (Å²) >= 11 is 0. The number of aryl methyl sites for hydroxylation is 1. The topological polar surface area (TPSA) is 42.0 Å². The number of hydrogen-bond acceptors (Lipinski definition) is 4. The number of rotatable bonds is 4. The van der Waals surface area contributed by atoms with Gasteiger partial charge in [-0.1, -0.05) is 17.7 Å². The van der Waals surface area contributed by atoms with E-state index >= 15 is 0 Å². The van der Waals surface area contributed by atoms with Crippen molar-refractivity contribution < 1.29 is 14.3 Å². The molecule has 2 aromatic carbocycles. The van der Waals surface area contributed by atoms with Crippen molar-refractivity contribution in [2.75, 3.05) is 45.3 Å². The molecule has 1 saturated heterocycles. The third kappa shape index (κ3) is 3.71. The van der Waals surface area contributed by atoms with Gasteiger partial charge in [-0.25, -0.2) is 0 Å². The van der Waals surface area contributed by atoms with Crippen molar-refractivity contribution in [1.82, 2.24) is 4.90 Å². The van der Waals surface area contributed by atoms with Crippen LogP contribution in [0.2, 0.25) is 0 Å². The smallest absolute Gasteiger partial charge is 0.253 e. The van der Waals surface area contributed by atoms with E-state index in [-0.39, 0.29) is 5.91 Å². The van der Waals surface area contributed by atoms with E-state index in [1.54, 1.807) is 14.2 Å². The Balaban J connectivity index is 1.66. The molecule has 5 heteroatoms. The highest BCUT2D eigenvalue weighted by molar-refractivity contribution is 5.94. The number of nitrogens with zero attached hydrogens (tertiary/aromatic N) is 2. The molecule has 25 heavy (non-hydrogen) atoms. The lowest BCUT2D eigenvalue weighted by molar-refractivity contribution is 0.0746. The first kappa shape index (κ1) is 17.1. The minimum atomic E-state index is 0.107. The SMILES string of the molecule is COc1ccc(N2CCN(C(=O)c3cccc(C)c3)CC2)cc1OC. The van der Waals surface area contributed by atoms with E-state index in [9.17, 15) is 4.79 Å². The van der Waals surface area contributed by atoms with E-state index < -0.39 is 0 Å². The molecule has 0 spiro atoms. The van der Waals surface area contributed by atoms with E-state index in [0.717, 1.165) is 41.4 Å². The molecule has 0 radical (unpaired) electrons. The molecular weight excluding hydrogens is 316 g/mol. The molecule has 0 aromatic heterocycles. The lowest BCUT2D eigenvalue weighted by Gasteiger charge is -2.36. The average molecular weight is 340 g/mol. The van der Waals surface area contributed by atoms with Crippen LogP contribution in [0.25, 0.3) is 0 Å². The fourth-order valence-corrected chi connectivity index (χ4v) is 3.15. The first-order valence-electron chi connectivity index (χ1n) is 8.45. The molecule has 0 saturated carbocycles. The number of anilines is 1. The second-order valence-electron chi connectivity index (χ2n) is 6.19. The molecule has 132 valence electrons. The fraction of sp³-hybridized carbons (Fsp3) is 0.350. The monoisotopic (exact) mass is 340 g/mol. The van der Waals surface area contributed by atoms with Crippen LogP contribution in [0, 0.1) is 6.92 Å². The Kier molecular flexibility index (Phi) is 5.12. The van der Waals surface area contributed by atoms with Gasteiger partial charge in [-0.05, 0) is 31.2 Å². The minimum Gasteiger partial charge on any atom is -0.493 e. The van der Waals surface area contributed by atoms with Crippen LogP contribution in [0.5, 0.6) is 11.5 Å². The van der Waals surface area contributed by atoms with Crippen molar-refractivity contribution in [2.24, 2.45) is 0 Å². The molecule has 0 atom stereocenters. The number of hydrogen-bond donors (Lipinski definition) is 0. The summed E-state index contributed by atoms with van der Waals surface area (Å²) in [5.41, 5.74) is 2.95. The van der Waals surface area contributed by atoms with Crippen LogP contribution in [0.1, 0.15) is 15.9 Å². The highest BCUT2D eigenvalue weighted by atomic mass is 16.5. The van der Waals surface area contributed by atoms with E-state index in [1.165, 1.54) is 0 Å². The van der Waals surface area contributed by atoms with E-state index in [0.29, 0.717) is 13.1 Å². The van der Waals surface area contributed by atoms with E-state index in [4.69, 9.17) is 9.47 Å². The maximum absolute atomic E-state index is 12.6. The maximum atomic E-state index is 12.6. The normalized spacial score (nSPS) is 14.4. The molecule has 1 aliphatic rings. The molecule has 0 bridgehead atoms. The van der Waals surface area contributed by atoms with Gasteiger partial charge in [0.15, 0.2) is 11.5 Å². The molecule has 0 aliphatic carbocycles. The van der Waals surface area contributed by atoms with Gasteiger partial charge in [0.05, 0.1) is 14.2 Å². The Morgan fingerprint density at radius 2 is 1.64 bits per heavy atom. The summed E-state index contributed by atoms with van der Waals surface area (Å²) < 4.78 is 10.7. The molecule has 5 nitrogen and oxygen atoms in total. The first-order valence-corrected chi connectivity index (χ1v) is 8.45. The summed E-state index contributed by atoms with van der Waals surface area (Å²) in [6, 6.07) is 13.7. The summed E-state index contributed by atoms with van der Waals surface area (Å²) in [6.07, 6.45) is 0. The molecule has 2 aromatic rings. The van der Waals surface area contributed by atoms with Crippen LogP contribution in [0.4, 0.5) is 5.69 Å². The lowest BCUT2D eigenvalue weighted by Crippen LogP contribution is -2.48. The number of benzene rings is 2. The Labute approximate surface area is 148 Å². The van der Waals surface area contributed by atoms with Crippen LogP contribution >= 0.6 is 0 Å². The Morgan fingerprint density at radius 3 is 2.28 bits per heavy atom. The van der Waals surface area contributed by atoms with Gasteiger partial charge in [-0.2, -0.15) is 0 Å². The number of carbonyl (C=O) groups excluding carboxylic acids is 1. The number of ether oxygens (including phenoxy) is 2. The van der Waals surface area contributed by atoms with Crippen molar-refractivity contribution in [3.63, 3.8) is 0 Å². The van der Waals surface area contributed by atoms with Gasteiger partial charge in [0.25, 0.3) is 5.91 Å². The second-order valence-corrected chi connectivity index (χ2v) is 6.19. The first-order chi connectivity index (χ1) is 12.1. The maximum Gasteiger partial charge on any atom is 0.253 e. The van der Waals surface area contributed by atoms with E-state index in [1.807, 2.05) is 54.3 Å². The Morgan fingerprint density at radius 1 is 0.920 bits per heavy atom. The summed E-state index contributed by atoms with van der Waals surface area (Å²) in [5, 5.41) is 0. The van der Waals surface area contributed by atoms with Crippen LogP contribution in [0.3, 0.4) is 0 Å². The number of piperazine rings is 1. The fourth-order valence-electron chi connectivity index (χ4n) is 3.15. The quantitative estimate of drug-likeness (QED) is 0.858. The average Bonchev–Trinajstić information content (AvgIpc) is 2.67. The largest absolute Gasteiger partial charge is 0.493 e. The van der Waals surface area contributed by atoms with Crippen LogP contribution < -0.4 is 14.4 Å². The zero-order valence-corrected chi connectivity index (χ0v) is 15.0. The van der Waals surface area contributed by atoms with Gasteiger partial charge in [0, 0.05) is 43.5 Å². The van der Waals surface area contributed by atoms with Crippen LogP contribution in [-0.4, -0.2) is 51.2 Å². The molecule has 0 unspecified atom stereocenters. The zero-order valence-electron chi connectivity index (χ0n) is 15.0. The highest BCUT2D eigenvalue weighted by Crippen LogP contribution is 2.31. The number of amides is 1. The van der Waals surface area contributed by atoms with Crippen LogP contribution in [0.15, 0.2) is 42.5 Å². The number of methoxy groups -OCH3 is 2. The number of carbonyl (C=O) groups is 1. The van der Waals surface area contributed by atoms with Gasteiger partial charge in [0.1, 0.15) is 0 Å². The van der Waals surface area contributed by atoms with E-state index in [2.05, 4.69) is 4.90 Å². The predicted octanol–water partition coefficient (Wildman–Crippen LogP) is 2.97. The second kappa shape index (κ2) is 7.47. The molecule has 1 fully saturated rings. The highest BCUT2D eigenvalue weighted by Gasteiger charge is 2.23. The molecule has 1 aliphatic heterocycles.